The third-order valence-electron chi connectivity index (χ3n) is 2.37. The Balaban J connectivity index is 2.70. The van der Waals surface area contributed by atoms with E-state index in [1.807, 2.05) is 0 Å². The number of nitrogens with one attached hydrogen (secondary N) is 1. The summed E-state index contributed by atoms with van der Waals surface area (Å²) in [6.45, 7) is 0. The van der Waals surface area contributed by atoms with E-state index in [0.717, 1.165) is 6.20 Å². The van der Waals surface area contributed by atoms with Crippen molar-refractivity contribution < 1.29 is 9.90 Å². The molecule has 0 saturated carbocycles. The van der Waals surface area contributed by atoms with Crippen molar-refractivity contribution in [3.05, 3.63) is 56.4 Å². The number of carboxylic acid groups (broad SMARTS) is 1. The number of carboxylic acids is 1. The standard InChI is InChI=1S/C12H7Cl2NO3/c13-7-1-2-10(14)8(4-7)9-3-6(12(17)18)5-15-11(9)16/h1-5H,(H,15,16)(H,17,18). The highest BCUT2D eigenvalue weighted by molar-refractivity contribution is 6.35. The molecule has 2 rings (SSSR count). The summed E-state index contributed by atoms with van der Waals surface area (Å²) in [4.78, 5) is 24.9. The van der Waals surface area contributed by atoms with Crippen LogP contribution in [0.2, 0.25) is 10.0 Å². The second kappa shape index (κ2) is 4.84. The summed E-state index contributed by atoms with van der Waals surface area (Å²) < 4.78 is 0. The van der Waals surface area contributed by atoms with Crippen LogP contribution in [-0.4, -0.2) is 16.1 Å². The fourth-order valence-electron chi connectivity index (χ4n) is 1.51. The van der Waals surface area contributed by atoms with Gasteiger partial charge in [-0.05, 0) is 24.3 Å². The van der Waals surface area contributed by atoms with Gasteiger partial charge in [-0.1, -0.05) is 23.2 Å². The number of H-pyrrole nitrogens is 1. The van der Waals surface area contributed by atoms with Gasteiger partial charge in [0, 0.05) is 27.4 Å². The molecule has 0 amide bonds. The number of aromatic amines is 1. The molecule has 0 spiro atoms. The summed E-state index contributed by atoms with van der Waals surface area (Å²) in [5.74, 6) is -1.13. The minimum Gasteiger partial charge on any atom is -0.478 e. The number of benzene rings is 1. The molecule has 0 radical (unpaired) electrons. The topological polar surface area (TPSA) is 70.2 Å². The van der Waals surface area contributed by atoms with E-state index in [1.165, 1.54) is 12.1 Å². The lowest BCUT2D eigenvalue weighted by molar-refractivity contribution is 0.0696. The molecule has 0 unspecified atom stereocenters. The third kappa shape index (κ3) is 2.39. The van der Waals surface area contributed by atoms with Crippen LogP contribution in [0.15, 0.2) is 35.3 Å². The smallest absolute Gasteiger partial charge is 0.337 e. The highest BCUT2D eigenvalue weighted by Gasteiger charge is 2.12. The van der Waals surface area contributed by atoms with E-state index >= 15 is 0 Å². The normalized spacial score (nSPS) is 10.3. The van der Waals surface area contributed by atoms with Crippen LogP contribution in [0.3, 0.4) is 0 Å². The van der Waals surface area contributed by atoms with Crippen molar-refractivity contribution >= 4 is 29.2 Å². The lowest BCUT2D eigenvalue weighted by Gasteiger charge is -2.05. The van der Waals surface area contributed by atoms with Crippen LogP contribution < -0.4 is 5.56 Å². The SMILES string of the molecule is O=C(O)c1c[nH]c(=O)c(-c2cc(Cl)ccc2Cl)c1. The molecule has 0 bridgehead atoms. The predicted octanol–water partition coefficient (Wildman–Crippen LogP) is 3.05. The predicted molar refractivity (Wildman–Crippen MR) is 69.5 cm³/mol. The third-order valence-corrected chi connectivity index (χ3v) is 2.93. The van der Waals surface area contributed by atoms with Crippen LogP contribution in [0, 0.1) is 0 Å². The van der Waals surface area contributed by atoms with Gasteiger partial charge in [0.25, 0.3) is 5.56 Å². The molecule has 2 aromatic rings. The molecule has 0 aliphatic carbocycles. The fourth-order valence-corrected chi connectivity index (χ4v) is 1.90. The molecule has 4 nitrogen and oxygen atoms in total. The molecule has 2 N–H and O–H groups in total. The number of halogens is 2. The minimum absolute atomic E-state index is 0.0272. The molecule has 18 heavy (non-hydrogen) atoms. The van der Waals surface area contributed by atoms with Gasteiger partial charge in [-0.3, -0.25) is 4.79 Å². The first-order valence-corrected chi connectivity index (χ1v) is 5.66. The maximum absolute atomic E-state index is 11.7. The Morgan fingerprint density at radius 2 is 1.89 bits per heavy atom. The molecule has 1 heterocycles. The van der Waals surface area contributed by atoms with Gasteiger partial charge in [0.05, 0.1) is 5.56 Å². The van der Waals surface area contributed by atoms with Crippen molar-refractivity contribution in [1.82, 2.24) is 4.98 Å². The number of aromatic carboxylic acids is 1. The summed E-state index contributed by atoms with van der Waals surface area (Å²) >= 11 is 11.8. The van der Waals surface area contributed by atoms with Crippen LogP contribution >= 0.6 is 23.2 Å². The monoisotopic (exact) mass is 283 g/mol. The molecular formula is C12H7Cl2NO3. The molecule has 92 valence electrons. The second-order valence-electron chi connectivity index (χ2n) is 3.56. The van der Waals surface area contributed by atoms with Crippen LogP contribution in [0.25, 0.3) is 11.1 Å². The quantitative estimate of drug-likeness (QED) is 0.890. The molecule has 6 heteroatoms. The summed E-state index contributed by atoms with van der Waals surface area (Å²) in [6.07, 6.45) is 1.13. The Morgan fingerprint density at radius 1 is 1.17 bits per heavy atom. The van der Waals surface area contributed by atoms with Crippen LogP contribution in [0.5, 0.6) is 0 Å². The number of rotatable bonds is 2. The van der Waals surface area contributed by atoms with E-state index in [2.05, 4.69) is 4.98 Å². The van der Waals surface area contributed by atoms with E-state index in [1.54, 1.807) is 12.1 Å². The molecule has 1 aromatic heterocycles. The number of carbonyl (C=O) groups is 1. The zero-order chi connectivity index (χ0) is 13.3. The molecule has 0 saturated heterocycles. The maximum atomic E-state index is 11.7. The van der Waals surface area contributed by atoms with Crippen LogP contribution in [-0.2, 0) is 0 Å². The molecule has 0 fully saturated rings. The molecule has 0 aliphatic heterocycles. The van der Waals surface area contributed by atoms with E-state index in [-0.39, 0.29) is 11.1 Å². The number of pyridine rings is 1. The van der Waals surface area contributed by atoms with Crippen molar-refractivity contribution in [2.75, 3.05) is 0 Å². The largest absolute Gasteiger partial charge is 0.478 e. The average molecular weight is 284 g/mol. The molecule has 0 atom stereocenters. The van der Waals surface area contributed by atoms with E-state index in [0.29, 0.717) is 15.6 Å². The number of aromatic nitrogens is 1. The van der Waals surface area contributed by atoms with Crippen molar-refractivity contribution in [2.45, 2.75) is 0 Å². The first-order valence-electron chi connectivity index (χ1n) is 4.90. The first kappa shape index (κ1) is 12.7. The van der Waals surface area contributed by atoms with E-state index in [4.69, 9.17) is 28.3 Å². The van der Waals surface area contributed by atoms with Crippen molar-refractivity contribution in [3.8, 4) is 11.1 Å². The van der Waals surface area contributed by atoms with Crippen molar-refractivity contribution in [1.29, 1.82) is 0 Å². The number of hydrogen-bond donors (Lipinski definition) is 2. The zero-order valence-corrected chi connectivity index (χ0v) is 10.4. The Labute approximate surface area is 112 Å². The summed E-state index contributed by atoms with van der Waals surface area (Å²) in [5, 5.41) is 9.63. The number of hydrogen-bond acceptors (Lipinski definition) is 2. The highest BCUT2D eigenvalue weighted by Crippen LogP contribution is 2.28. The fraction of sp³-hybridized carbons (Fsp3) is 0. The van der Waals surface area contributed by atoms with Gasteiger partial charge < -0.3 is 10.1 Å². The first-order chi connectivity index (χ1) is 8.49. The van der Waals surface area contributed by atoms with Gasteiger partial charge in [-0.25, -0.2) is 4.79 Å². The Bertz CT molecular complexity index is 679. The molecule has 0 aliphatic rings. The zero-order valence-electron chi connectivity index (χ0n) is 8.91. The van der Waals surface area contributed by atoms with E-state index < -0.39 is 11.5 Å². The Hall–Kier alpha value is -1.78. The van der Waals surface area contributed by atoms with Crippen LogP contribution in [0.1, 0.15) is 10.4 Å². The van der Waals surface area contributed by atoms with Gasteiger partial charge in [0.2, 0.25) is 0 Å². The lowest BCUT2D eigenvalue weighted by atomic mass is 10.1. The van der Waals surface area contributed by atoms with Gasteiger partial charge in [-0.2, -0.15) is 0 Å². The lowest BCUT2D eigenvalue weighted by Crippen LogP contribution is -2.11. The van der Waals surface area contributed by atoms with Crippen LogP contribution in [0.4, 0.5) is 0 Å². The molecular weight excluding hydrogens is 277 g/mol. The minimum atomic E-state index is -1.13. The second-order valence-corrected chi connectivity index (χ2v) is 4.40. The van der Waals surface area contributed by atoms with Crippen molar-refractivity contribution in [2.24, 2.45) is 0 Å². The summed E-state index contributed by atoms with van der Waals surface area (Å²) in [7, 11) is 0. The summed E-state index contributed by atoms with van der Waals surface area (Å²) in [6, 6.07) is 5.91. The average Bonchev–Trinajstić information content (AvgIpc) is 2.33. The van der Waals surface area contributed by atoms with Gasteiger partial charge in [0.1, 0.15) is 0 Å². The maximum Gasteiger partial charge on any atom is 0.337 e. The van der Waals surface area contributed by atoms with Crippen molar-refractivity contribution in [3.63, 3.8) is 0 Å². The van der Waals surface area contributed by atoms with E-state index in [9.17, 15) is 9.59 Å². The summed E-state index contributed by atoms with van der Waals surface area (Å²) in [5.41, 5.74) is 0.112. The van der Waals surface area contributed by atoms with Gasteiger partial charge >= 0.3 is 5.97 Å². The van der Waals surface area contributed by atoms with Gasteiger partial charge in [0.15, 0.2) is 0 Å². The Morgan fingerprint density at radius 3 is 2.56 bits per heavy atom. The molecule has 1 aromatic carbocycles. The Kier molecular flexibility index (Phi) is 3.41. The highest BCUT2D eigenvalue weighted by atomic mass is 35.5. The van der Waals surface area contributed by atoms with Gasteiger partial charge in [-0.15, -0.1) is 0 Å².